The van der Waals surface area contributed by atoms with Crippen molar-refractivity contribution in [2.75, 3.05) is 5.32 Å². The first-order valence-electron chi connectivity index (χ1n) is 6.83. The molecule has 24 heavy (non-hydrogen) atoms. The summed E-state index contributed by atoms with van der Waals surface area (Å²) in [6.45, 7) is 0. The maximum absolute atomic E-state index is 9.22. The summed E-state index contributed by atoms with van der Waals surface area (Å²) in [4.78, 5) is 8.57. The molecule has 0 amide bonds. The summed E-state index contributed by atoms with van der Waals surface area (Å²) in [5.74, 6) is 0.266. The van der Waals surface area contributed by atoms with Gasteiger partial charge in [-0.05, 0) is 36.4 Å². The van der Waals surface area contributed by atoms with Crippen LogP contribution in [-0.4, -0.2) is 9.97 Å². The molecule has 1 heterocycles. The average Bonchev–Trinajstić information content (AvgIpc) is 2.56. The van der Waals surface area contributed by atoms with Gasteiger partial charge in [-0.25, -0.2) is 9.97 Å². The summed E-state index contributed by atoms with van der Waals surface area (Å²) in [6, 6.07) is 15.8. The van der Waals surface area contributed by atoms with E-state index in [0.29, 0.717) is 26.3 Å². The predicted octanol–water partition coefficient (Wildman–Crippen LogP) is 5.72. The van der Waals surface area contributed by atoms with Gasteiger partial charge in [0.1, 0.15) is 11.8 Å². The van der Waals surface area contributed by atoms with Crippen LogP contribution in [0.4, 0.5) is 11.6 Å². The highest BCUT2D eigenvalue weighted by molar-refractivity contribution is 6.39. The molecule has 7 heteroatoms. The number of aromatic nitrogens is 2. The second kappa shape index (κ2) is 7.06. The molecule has 1 N–H and O–H groups in total. The molecule has 0 saturated carbocycles. The molecule has 2 aromatic carbocycles. The number of nitriles is 1. The van der Waals surface area contributed by atoms with Crippen LogP contribution in [0.3, 0.4) is 0 Å². The van der Waals surface area contributed by atoms with Gasteiger partial charge in [0, 0.05) is 22.3 Å². The van der Waals surface area contributed by atoms with E-state index in [1.165, 1.54) is 0 Å². The number of nitrogens with zero attached hydrogens (tertiary/aromatic N) is 3. The van der Waals surface area contributed by atoms with E-state index in [4.69, 9.17) is 34.8 Å². The van der Waals surface area contributed by atoms with Gasteiger partial charge in [-0.1, -0.05) is 40.9 Å². The van der Waals surface area contributed by atoms with Gasteiger partial charge in [0.25, 0.3) is 0 Å². The summed E-state index contributed by atoms with van der Waals surface area (Å²) in [5.41, 5.74) is 1.96. The third kappa shape index (κ3) is 3.60. The molecule has 0 bridgehead atoms. The molecule has 118 valence electrons. The first kappa shape index (κ1) is 16.5. The average molecular weight is 376 g/mol. The van der Waals surface area contributed by atoms with Crippen molar-refractivity contribution in [3.8, 4) is 17.3 Å². The second-order valence-corrected chi connectivity index (χ2v) is 6.05. The minimum Gasteiger partial charge on any atom is -0.324 e. The molecule has 0 aliphatic heterocycles. The van der Waals surface area contributed by atoms with Gasteiger partial charge in [0.15, 0.2) is 0 Å². The Bertz CT molecular complexity index is 913. The van der Waals surface area contributed by atoms with Crippen molar-refractivity contribution in [3.63, 3.8) is 0 Å². The molecule has 4 nitrogen and oxygen atoms in total. The van der Waals surface area contributed by atoms with Gasteiger partial charge in [0.05, 0.1) is 15.7 Å². The summed E-state index contributed by atoms with van der Waals surface area (Å²) < 4.78 is 0. The van der Waals surface area contributed by atoms with E-state index in [2.05, 4.69) is 15.3 Å². The van der Waals surface area contributed by atoms with E-state index in [1.54, 1.807) is 48.5 Å². The highest BCUT2D eigenvalue weighted by Gasteiger charge is 2.13. The number of anilines is 2. The van der Waals surface area contributed by atoms with E-state index in [-0.39, 0.29) is 11.6 Å². The number of halogens is 3. The van der Waals surface area contributed by atoms with Crippen molar-refractivity contribution in [2.24, 2.45) is 0 Å². The van der Waals surface area contributed by atoms with Crippen LogP contribution >= 0.6 is 34.8 Å². The Balaban J connectivity index is 2.06. The molecule has 3 rings (SSSR count). The third-order valence-corrected chi connectivity index (χ3v) is 4.04. The zero-order valence-electron chi connectivity index (χ0n) is 12.1. The highest BCUT2D eigenvalue weighted by atomic mass is 35.5. The maximum atomic E-state index is 9.22. The van der Waals surface area contributed by atoms with Crippen LogP contribution in [-0.2, 0) is 0 Å². The Hall–Kier alpha value is -2.32. The molecule has 3 aromatic rings. The van der Waals surface area contributed by atoms with Crippen molar-refractivity contribution >= 4 is 46.4 Å². The van der Waals surface area contributed by atoms with E-state index in [9.17, 15) is 5.26 Å². The number of rotatable bonds is 3. The van der Waals surface area contributed by atoms with Crippen molar-refractivity contribution < 1.29 is 0 Å². The molecule has 0 atom stereocenters. The quantitative estimate of drug-likeness (QED) is 0.636. The van der Waals surface area contributed by atoms with E-state index in [0.717, 1.165) is 5.69 Å². The molecule has 0 aliphatic carbocycles. The summed E-state index contributed by atoms with van der Waals surface area (Å²) in [6.07, 6.45) is 0. The number of hydrogen-bond acceptors (Lipinski definition) is 4. The standard InChI is InChI=1S/C17H9Cl3N4/c18-10-4-6-11(7-5-10)22-17-23-12(9-21)8-15(24-17)16-13(19)2-1-3-14(16)20/h1-8H,(H,22,23,24). The summed E-state index contributed by atoms with van der Waals surface area (Å²) >= 11 is 18.3. The second-order valence-electron chi connectivity index (χ2n) is 4.80. The van der Waals surface area contributed by atoms with Crippen molar-refractivity contribution in [2.45, 2.75) is 0 Å². The molecule has 0 radical (unpaired) electrons. The Kier molecular flexibility index (Phi) is 4.86. The van der Waals surface area contributed by atoms with Crippen molar-refractivity contribution in [1.29, 1.82) is 5.26 Å². The zero-order chi connectivity index (χ0) is 17.1. The molecule has 0 spiro atoms. The smallest absolute Gasteiger partial charge is 0.229 e. The topological polar surface area (TPSA) is 61.6 Å². The highest BCUT2D eigenvalue weighted by Crippen LogP contribution is 2.34. The largest absolute Gasteiger partial charge is 0.324 e. The Morgan fingerprint density at radius 1 is 0.917 bits per heavy atom. The zero-order valence-corrected chi connectivity index (χ0v) is 14.4. The summed E-state index contributed by atoms with van der Waals surface area (Å²) in [5, 5.41) is 13.8. The lowest BCUT2D eigenvalue weighted by Crippen LogP contribution is -2.01. The fourth-order valence-electron chi connectivity index (χ4n) is 2.09. The number of hydrogen-bond donors (Lipinski definition) is 1. The fourth-order valence-corrected chi connectivity index (χ4v) is 2.81. The SMILES string of the molecule is N#Cc1cc(-c2c(Cl)cccc2Cl)nc(Nc2ccc(Cl)cc2)n1. The first-order valence-corrected chi connectivity index (χ1v) is 7.96. The minimum absolute atomic E-state index is 0.201. The lowest BCUT2D eigenvalue weighted by atomic mass is 10.1. The normalized spacial score (nSPS) is 10.2. The van der Waals surface area contributed by atoms with Gasteiger partial charge in [-0.15, -0.1) is 0 Å². The minimum atomic E-state index is 0.201. The van der Waals surface area contributed by atoms with Crippen LogP contribution in [0, 0.1) is 11.3 Å². The fraction of sp³-hybridized carbons (Fsp3) is 0. The van der Waals surface area contributed by atoms with Crippen molar-refractivity contribution in [1.82, 2.24) is 9.97 Å². The van der Waals surface area contributed by atoms with Crippen LogP contribution in [0.25, 0.3) is 11.3 Å². The Morgan fingerprint density at radius 2 is 1.58 bits per heavy atom. The van der Waals surface area contributed by atoms with Crippen LogP contribution in [0.5, 0.6) is 0 Å². The van der Waals surface area contributed by atoms with Gasteiger partial charge < -0.3 is 5.32 Å². The van der Waals surface area contributed by atoms with E-state index < -0.39 is 0 Å². The molecule has 0 unspecified atom stereocenters. The third-order valence-electron chi connectivity index (χ3n) is 3.16. The number of nitrogens with one attached hydrogen (secondary N) is 1. The molecule has 0 aliphatic rings. The molecule has 0 fully saturated rings. The van der Waals surface area contributed by atoms with E-state index in [1.807, 2.05) is 6.07 Å². The number of benzene rings is 2. The van der Waals surface area contributed by atoms with Gasteiger partial charge in [0.2, 0.25) is 5.95 Å². The summed E-state index contributed by atoms with van der Waals surface area (Å²) in [7, 11) is 0. The van der Waals surface area contributed by atoms with Crippen LogP contribution in [0.15, 0.2) is 48.5 Å². The van der Waals surface area contributed by atoms with Crippen molar-refractivity contribution in [3.05, 3.63) is 69.3 Å². The van der Waals surface area contributed by atoms with Crippen LogP contribution in [0.2, 0.25) is 15.1 Å². The Labute approximate surface area is 153 Å². The van der Waals surface area contributed by atoms with Gasteiger partial charge in [-0.2, -0.15) is 5.26 Å². The molecule has 1 aromatic heterocycles. The molecule has 0 saturated heterocycles. The lowest BCUT2D eigenvalue weighted by molar-refractivity contribution is 1.14. The molecular formula is C17H9Cl3N4. The van der Waals surface area contributed by atoms with E-state index >= 15 is 0 Å². The predicted molar refractivity (Wildman–Crippen MR) is 96.9 cm³/mol. The van der Waals surface area contributed by atoms with Gasteiger partial charge >= 0.3 is 0 Å². The lowest BCUT2D eigenvalue weighted by Gasteiger charge is -2.10. The first-order chi connectivity index (χ1) is 11.6. The van der Waals surface area contributed by atoms with Crippen LogP contribution in [0.1, 0.15) is 5.69 Å². The van der Waals surface area contributed by atoms with Crippen LogP contribution < -0.4 is 5.32 Å². The Morgan fingerprint density at radius 3 is 2.21 bits per heavy atom. The van der Waals surface area contributed by atoms with Gasteiger partial charge in [-0.3, -0.25) is 0 Å². The molecular weight excluding hydrogens is 367 g/mol. The maximum Gasteiger partial charge on any atom is 0.229 e. The monoisotopic (exact) mass is 374 g/mol.